The first-order chi connectivity index (χ1) is 5.94. The minimum absolute atomic E-state index is 0.395. The molecule has 0 heterocycles. The fraction of sp³-hybridized carbons (Fsp3) is 0.250. The second kappa shape index (κ2) is 4.43. The highest BCUT2D eigenvalue weighted by atomic mass is 127. The molecule has 1 aromatic rings. The van der Waals surface area contributed by atoms with Crippen molar-refractivity contribution in [3.63, 3.8) is 0 Å². The fourth-order valence-corrected chi connectivity index (χ4v) is 3.31. The number of halogens is 2. The molecule has 1 aromatic carbocycles. The van der Waals surface area contributed by atoms with Crippen LogP contribution in [0.2, 0.25) is 0 Å². The Balaban J connectivity index is 3.17. The normalized spacial score (nSPS) is 12.0. The van der Waals surface area contributed by atoms with E-state index >= 15 is 0 Å². The van der Waals surface area contributed by atoms with Gasteiger partial charge in [-0.2, -0.15) is 0 Å². The third-order valence-electron chi connectivity index (χ3n) is 1.58. The minimum atomic E-state index is -3.12. The molecule has 0 aromatic heterocycles. The van der Waals surface area contributed by atoms with Gasteiger partial charge in [0.2, 0.25) is 0 Å². The van der Waals surface area contributed by atoms with E-state index in [0.29, 0.717) is 4.90 Å². The van der Waals surface area contributed by atoms with Crippen LogP contribution in [0.1, 0.15) is 5.56 Å². The van der Waals surface area contributed by atoms with Crippen LogP contribution in [0.3, 0.4) is 0 Å². The van der Waals surface area contributed by atoms with Gasteiger partial charge in [0.1, 0.15) is 0 Å². The van der Waals surface area contributed by atoms with E-state index < -0.39 is 11.1 Å². The van der Waals surface area contributed by atoms with Crippen LogP contribution >= 0.6 is 45.2 Å². The lowest BCUT2D eigenvalue weighted by molar-refractivity contribution is 0.600. The van der Waals surface area contributed by atoms with Crippen LogP contribution in [0.25, 0.3) is 0 Å². The Morgan fingerprint density at radius 1 is 1.15 bits per heavy atom. The zero-order chi connectivity index (χ0) is 10.1. The Morgan fingerprint density at radius 3 is 2.00 bits per heavy atom. The molecule has 72 valence electrons. The lowest BCUT2D eigenvalue weighted by Gasteiger charge is -2.04. The first-order valence-electron chi connectivity index (χ1n) is 3.53. The van der Waals surface area contributed by atoms with Gasteiger partial charge in [-0.25, -0.2) is 8.42 Å². The van der Waals surface area contributed by atoms with E-state index in [2.05, 4.69) is 0 Å². The van der Waals surface area contributed by atoms with Gasteiger partial charge in [-0.3, -0.25) is 0 Å². The average molecular weight is 423 g/mol. The van der Waals surface area contributed by atoms with Crippen LogP contribution in [0.4, 0.5) is 0 Å². The zero-order valence-electron chi connectivity index (χ0n) is 6.87. The van der Waals surface area contributed by atoms with E-state index in [4.69, 9.17) is 0 Å². The summed E-state index contributed by atoms with van der Waals surface area (Å²) in [7, 11) is -3.12. The Labute approximate surface area is 105 Å². The Bertz CT molecular complexity index is 381. The summed E-state index contributed by atoms with van der Waals surface area (Å²) >= 11 is 3.79. The Kier molecular flexibility index (Phi) is 3.99. The summed E-state index contributed by atoms with van der Waals surface area (Å²) in [4.78, 5) is 0.395. The topological polar surface area (TPSA) is 34.1 Å². The standard InChI is InChI=1S/C8H8I2O2S/c1-6-2-4-7(5-3-6)13(11,12)8(9)10/h2-5,8H,1H3/i8+1. The maximum Gasteiger partial charge on any atom is 0.199 e. The molecule has 1 rings (SSSR count). The third-order valence-corrected chi connectivity index (χ3v) is 7.00. The summed E-state index contributed by atoms with van der Waals surface area (Å²) in [5.41, 5.74) is 1.07. The van der Waals surface area contributed by atoms with Crippen molar-refractivity contribution in [1.29, 1.82) is 0 Å². The van der Waals surface area contributed by atoms with Gasteiger partial charge in [0.25, 0.3) is 0 Å². The lowest BCUT2D eigenvalue weighted by atomic mass is 10.2. The molecule has 0 atom stereocenters. The zero-order valence-corrected chi connectivity index (χ0v) is 12.0. The molecule has 0 N–H and O–H groups in total. The SMILES string of the molecule is Cc1ccc(S(=O)(=O)[13CH](I)I)cc1. The van der Waals surface area contributed by atoms with Crippen molar-refractivity contribution >= 4 is 55.0 Å². The highest BCUT2D eigenvalue weighted by Gasteiger charge is 2.21. The molecule has 0 aliphatic carbocycles. The molecule has 2 nitrogen and oxygen atoms in total. The molecule has 0 saturated carbocycles. The molecule has 0 spiro atoms. The van der Waals surface area contributed by atoms with Crippen molar-refractivity contribution in [2.24, 2.45) is 0 Å². The van der Waals surface area contributed by atoms with Crippen molar-refractivity contribution in [2.75, 3.05) is 0 Å². The predicted molar refractivity (Wildman–Crippen MR) is 70.2 cm³/mol. The van der Waals surface area contributed by atoms with Gasteiger partial charge in [0.15, 0.2) is 11.1 Å². The molecule has 0 aliphatic rings. The summed E-state index contributed by atoms with van der Waals surface area (Å²) in [5.74, 6) is 0. The highest BCUT2D eigenvalue weighted by molar-refractivity contribution is 14.2. The summed E-state index contributed by atoms with van der Waals surface area (Å²) in [6, 6.07) is 6.91. The molecular formula is C8H8I2O2S. The maximum absolute atomic E-state index is 11.6. The molecule has 13 heavy (non-hydrogen) atoms. The van der Waals surface area contributed by atoms with Crippen LogP contribution in [0.5, 0.6) is 0 Å². The van der Waals surface area contributed by atoms with Crippen LogP contribution in [0.15, 0.2) is 29.2 Å². The number of alkyl halides is 2. The number of aryl methyl sites for hydroxylation is 1. The molecule has 5 heteroatoms. The molecule has 0 radical (unpaired) electrons. The molecular weight excluding hydrogens is 415 g/mol. The predicted octanol–water partition coefficient (Wildman–Crippen LogP) is 2.92. The molecule has 0 unspecified atom stereocenters. The van der Waals surface area contributed by atoms with Crippen molar-refractivity contribution < 1.29 is 8.42 Å². The monoisotopic (exact) mass is 423 g/mol. The van der Waals surface area contributed by atoms with E-state index in [1.807, 2.05) is 64.2 Å². The fourth-order valence-electron chi connectivity index (χ4n) is 0.831. The second-order valence-corrected chi connectivity index (χ2v) is 11.2. The van der Waals surface area contributed by atoms with Crippen molar-refractivity contribution in [2.45, 2.75) is 13.1 Å². The Morgan fingerprint density at radius 2 is 1.62 bits per heavy atom. The molecule has 0 aliphatic heterocycles. The van der Waals surface area contributed by atoms with E-state index in [1.165, 1.54) is 0 Å². The smallest absolute Gasteiger partial charge is 0.199 e. The van der Waals surface area contributed by atoms with Gasteiger partial charge < -0.3 is 0 Å². The van der Waals surface area contributed by atoms with Crippen molar-refractivity contribution in [1.82, 2.24) is 0 Å². The van der Waals surface area contributed by atoms with Gasteiger partial charge in [0, 0.05) is 0 Å². The van der Waals surface area contributed by atoms with Crippen molar-refractivity contribution in [3.05, 3.63) is 29.8 Å². The van der Waals surface area contributed by atoms with Gasteiger partial charge >= 0.3 is 0 Å². The first-order valence-corrected chi connectivity index (χ1v) is 7.57. The summed E-state index contributed by atoms with van der Waals surface area (Å²) in [5, 5.41) is 0. The number of benzene rings is 1. The highest BCUT2D eigenvalue weighted by Crippen LogP contribution is 2.25. The van der Waals surface area contributed by atoms with E-state index in [1.54, 1.807) is 12.1 Å². The summed E-state index contributed by atoms with van der Waals surface area (Å²) in [6.07, 6.45) is 0. The number of hydrogen-bond acceptors (Lipinski definition) is 2. The van der Waals surface area contributed by atoms with Gasteiger partial charge in [-0.1, -0.05) is 62.9 Å². The molecule has 0 saturated heterocycles. The lowest BCUT2D eigenvalue weighted by Crippen LogP contribution is -2.07. The molecule has 0 fully saturated rings. The minimum Gasteiger partial charge on any atom is -0.222 e. The number of rotatable bonds is 2. The van der Waals surface area contributed by atoms with E-state index in [9.17, 15) is 8.42 Å². The van der Waals surface area contributed by atoms with Gasteiger partial charge in [-0.05, 0) is 19.1 Å². The summed E-state index contributed by atoms with van der Waals surface area (Å²) < 4.78 is 22.8. The largest absolute Gasteiger partial charge is 0.222 e. The van der Waals surface area contributed by atoms with Crippen LogP contribution in [0, 0.1) is 6.92 Å². The Hall–Kier alpha value is 0.630. The van der Waals surface area contributed by atoms with Crippen LogP contribution < -0.4 is 0 Å². The van der Waals surface area contributed by atoms with Crippen LogP contribution in [-0.2, 0) is 9.84 Å². The van der Waals surface area contributed by atoms with Gasteiger partial charge in [-0.15, -0.1) is 0 Å². The second-order valence-electron chi connectivity index (χ2n) is 2.62. The van der Waals surface area contributed by atoms with Gasteiger partial charge in [0.05, 0.1) is 4.90 Å². The first kappa shape index (κ1) is 11.7. The quantitative estimate of drug-likeness (QED) is 0.417. The van der Waals surface area contributed by atoms with E-state index in [-0.39, 0.29) is 0 Å². The van der Waals surface area contributed by atoms with Crippen LogP contribution in [-0.4, -0.2) is 9.68 Å². The third kappa shape index (κ3) is 2.79. The average Bonchev–Trinajstić information content (AvgIpc) is 2.04. The maximum atomic E-state index is 11.6. The summed E-state index contributed by atoms with van der Waals surface area (Å²) in [6.45, 7) is 1.93. The molecule has 0 amide bonds. The molecule has 0 bridgehead atoms. The van der Waals surface area contributed by atoms with Crippen molar-refractivity contribution in [3.8, 4) is 0 Å². The number of sulfone groups is 1. The number of hydrogen-bond donors (Lipinski definition) is 0. The van der Waals surface area contributed by atoms with E-state index in [0.717, 1.165) is 5.56 Å².